The minimum absolute atomic E-state index is 0.00879. The Morgan fingerprint density at radius 1 is 0.308 bits per heavy atom. The van der Waals surface area contributed by atoms with Crippen molar-refractivity contribution in [3.8, 4) is 0 Å². The number of rotatable bonds is 79. The monoisotopic (exact) mass is 1280 g/mol. The van der Waals surface area contributed by atoms with Gasteiger partial charge < -0.3 is 20.3 Å². The molecule has 0 saturated carbocycles. The number of amides is 1. The van der Waals surface area contributed by atoms with Crippen molar-refractivity contribution in [2.75, 3.05) is 13.2 Å². The smallest absolute Gasteiger partial charge is 0.305 e. The molecular weight excluding hydrogens is 1110 g/mol. The van der Waals surface area contributed by atoms with E-state index >= 15 is 0 Å². The molecular formula is C85H163NO5. The zero-order valence-corrected chi connectivity index (χ0v) is 61.9. The molecule has 0 aliphatic heterocycles. The maximum absolute atomic E-state index is 12.6. The lowest BCUT2D eigenvalue weighted by atomic mass is 10.0. The number of aliphatic hydroxyl groups excluding tert-OH is 2. The molecule has 0 radical (unpaired) electrons. The van der Waals surface area contributed by atoms with Crippen LogP contribution in [0.4, 0.5) is 0 Å². The van der Waals surface area contributed by atoms with Gasteiger partial charge in [-0.1, -0.05) is 429 Å². The number of allylic oxidation sites excluding steroid dienone is 5. The number of nitrogens with one attached hydrogen (secondary N) is 1. The fourth-order valence-corrected chi connectivity index (χ4v) is 13.3. The Morgan fingerprint density at radius 3 is 0.846 bits per heavy atom. The predicted octanol–water partition coefficient (Wildman–Crippen LogP) is 27.8. The zero-order valence-electron chi connectivity index (χ0n) is 61.9. The van der Waals surface area contributed by atoms with Crippen molar-refractivity contribution in [3.05, 3.63) is 36.5 Å². The molecule has 0 aliphatic carbocycles. The largest absolute Gasteiger partial charge is 0.466 e. The van der Waals surface area contributed by atoms with Crippen molar-refractivity contribution in [1.82, 2.24) is 5.32 Å². The highest BCUT2D eigenvalue weighted by molar-refractivity contribution is 5.76. The molecule has 0 aliphatic rings. The molecule has 0 heterocycles. The Labute approximate surface area is 570 Å². The number of hydrogen-bond donors (Lipinski definition) is 3. The molecule has 0 saturated heterocycles. The number of hydrogen-bond acceptors (Lipinski definition) is 5. The predicted molar refractivity (Wildman–Crippen MR) is 403 cm³/mol. The minimum Gasteiger partial charge on any atom is -0.466 e. The topological polar surface area (TPSA) is 95.9 Å². The zero-order chi connectivity index (χ0) is 65.6. The molecule has 0 aromatic heterocycles. The molecule has 538 valence electrons. The molecule has 6 heteroatoms. The first-order valence-electron chi connectivity index (χ1n) is 41.8. The first-order chi connectivity index (χ1) is 45.0. The van der Waals surface area contributed by atoms with Crippen molar-refractivity contribution >= 4 is 11.9 Å². The van der Waals surface area contributed by atoms with Crippen molar-refractivity contribution in [3.63, 3.8) is 0 Å². The van der Waals surface area contributed by atoms with Crippen molar-refractivity contribution in [2.45, 2.75) is 482 Å². The number of ether oxygens (including phenoxy) is 1. The van der Waals surface area contributed by atoms with Crippen molar-refractivity contribution in [2.24, 2.45) is 0 Å². The van der Waals surface area contributed by atoms with Gasteiger partial charge in [-0.05, 0) is 64.2 Å². The third-order valence-corrected chi connectivity index (χ3v) is 19.7. The van der Waals surface area contributed by atoms with Crippen molar-refractivity contribution < 1.29 is 24.5 Å². The normalized spacial score (nSPS) is 12.6. The molecule has 6 nitrogen and oxygen atoms in total. The molecule has 0 rings (SSSR count). The second-order valence-electron chi connectivity index (χ2n) is 28.8. The van der Waals surface area contributed by atoms with Gasteiger partial charge in [-0.15, -0.1) is 0 Å². The Morgan fingerprint density at radius 2 is 0.549 bits per heavy atom. The third-order valence-electron chi connectivity index (χ3n) is 19.7. The average Bonchev–Trinajstić information content (AvgIpc) is 3.58. The van der Waals surface area contributed by atoms with Crippen LogP contribution in [0.2, 0.25) is 0 Å². The van der Waals surface area contributed by atoms with E-state index in [2.05, 4.69) is 43.5 Å². The van der Waals surface area contributed by atoms with E-state index in [1.165, 1.54) is 392 Å². The summed E-state index contributed by atoms with van der Waals surface area (Å²) in [7, 11) is 0. The number of esters is 1. The molecule has 2 atom stereocenters. The lowest BCUT2D eigenvalue weighted by molar-refractivity contribution is -0.143. The summed E-state index contributed by atoms with van der Waals surface area (Å²) in [4.78, 5) is 24.7. The number of aliphatic hydroxyl groups is 2. The van der Waals surface area contributed by atoms with Crippen molar-refractivity contribution in [1.29, 1.82) is 0 Å². The highest BCUT2D eigenvalue weighted by atomic mass is 16.5. The first-order valence-corrected chi connectivity index (χ1v) is 41.8. The van der Waals surface area contributed by atoms with Crippen LogP contribution in [0.3, 0.4) is 0 Å². The van der Waals surface area contributed by atoms with Gasteiger partial charge in [0.1, 0.15) is 0 Å². The van der Waals surface area contributed by atoms with Crippen LogP contribution in [0.5, 0.6) is 0 Å². The maximum Gasteiger partial charge on any atom is 0.305 e. The van der Waals surface area contributed by atoms with Gasteiger partial charge in [0.2, 0.25) is 5.91 Å². The van der Waals surface area contributed by atoms with Gasteiger partial charge >= 0.3 is 5.97 Å². The number of unbranched alkanes of at least 4 members (excludes halogenated alkanes) is 64. The van der Waals surface area contributed by atoms with Crippen LogP contribution in [-0.2, 0) is 14.3 Å². The SMILES string of the molecule is CCCCCC/C=C\C/C=C\CCCCCCCC(=O)OCCCCCCCCCCCCCCCCCCCCCCCCCCCCCCCCCCCC(=O)NC(CO)C(O)/C=C/CCCCCCCCCCCCCCCCCCCCCCCCC. The number of carbonyl (C=O) groups excluding carboxylic acids is 2. The summed E-state index contributed by atoms with van der Waals surface area (Å²) in [6.45, 7) is 4.94. The minimum atomic E-state index is -0.843. The van der Waals surface area contributed by atoms with E-state index in [1.807, 2.05) is 6.08 Å². The van der Waals surface area contributed by atoms with Gasteiger partial charge in [0.25, 0.3) is 0 Å². The standard InChI is InChI=1S/C85H163NO5/c1-3-5-7-9-11-13-15-17-19-21-22-23-24-34-37-40-43-46-49-53-57-61-65-69-73-77-83(88)82(81-87)86-84(89)78-74-70-66-62-58-54-50-47-44-41-38-35-32-30-28-26-25-27-29-31-33-36-39-42-45-48-52-56-60-64-68-72-76-80-91-85(90)79-75-71-67-63-59-55-51-20-18-16-14-12-10-8-6-4-2/h14,16,20,51,73,77,82-83,87-88H,3-13,15,17-19,21-50,52-72,74-76,78-81H2,1-2H3,(H,86,89)/b16-14-,51-20-,77-73+. The van der Waals surface area contributed by atoms with E-state index in [0.29, 0.717) is 19.4 Å². The van der Waals surface area contributed by atoms with Crippen LogP contribution >= 0.6 is 0 Å². The summed E-state index contributed by atoms with van der Waals surface area (Å²) in [5.74, 6) is -0.0490. The first kappa shape index (κ1) is 89.1. The quantitative estimate of drug-likeness (QED) is 0.0320. The highest BCUT2D eigenvalue weighted by Crippen LogP contribution is 2.20. The van der Waals surface area contributed by atoms with E-state index in [-0.39, 0.29) is 18.5 Å². The van der Waals surface area contributed by atoms with Gasteiger partial charge in [0, 0.05) is 12.8 Å². The summed E-state index contributed by atoms with van der Waals surface area (Å²) >= 11 is 0. The summed E-state index contributed by atoms with van der Waals surface area (Å²) in [5, 5.41) is 23.3. The fourth-order valence-electron chi connectivity index (χ4n) is 13.3. The Kier molecular flexibility index (Phi) is 78.8. The molecule has 2 unspecified atom stereocenters. The second kappa shape index (κ2) is 80.5. The lowest BCUT2D eigenvalue weighted by Crippen LogP contribution is -2.45. The molecule has 1 amide bonds. The van der Waals surface area contributed by atoms with Gasteiger partial charge in [0.15, 0.2) is 0 Å². The van der Waals surface area contributed by atoms with E-state index in [9.17, 15) is 19.8 Å². The summed E-state index contributed by atoms with van der Waals surface area (Å²) < 4.78 is 5.50. The third kappa shape index (κ3) is 77.0. The van der Waals surface area contributed by atoms with Crippen LogP contribution < -0.4 is 5.32 Å². The van der Waals surface area contributed by atoms with Crippen LogP contribution in [0.1, 0.15) is 470 Å². The van der Waals surface area contributed by atoms with E-state index in [1.54, 1.807) is 6.08 Å². The molecule has 0 aromatic rings. The van der Waals surface area contributed by atoms with Gasteiger partial charge in [-0.3, -0.25) is 9.59 Å². The maximum atomic E-state index is 12.6. The lowest BCUT2D eigenvalue weighted by Gasteiger charge is -2.20. The summed E-state index contributed by atoms with van der Waals surface area (Å²) in [5.41, 5.74) is 0. The van der Waals surface area contributed by atoms with Crippen LogP contribution in [0, 0.1) is 0 Å². The second-order valence-corrected chi connectivity index (χ2v) is 28.8. The number of carbonyl (C=O) groups is 2. The molecule has 3 N–H and O–H groups in total. The Bertz CT molecular complexity index is 1470. The van der Waals surface area contributed by atoms with Gasteiger partial charge in [-0.2, -0.15) is 0 Å². The van der Waals surface area contributed by atoms with E-state index in [0.717, 1.165) is 51.4 Å². The van der Waals surface area contributed by atoms with Gasteiger partial charge in [0.05, 0.1) is 25.4 Å². The molecule has 0 bridgehead atoms. The summed E-state index contributed by atoms with van der Waals surface area (Å²) in [6, 6.07) is -0.626. The van der Waals surface area contributed by atoms with E-state index in [4.69, 9.17) is 4.74 Å². The van der Waals surface area contributed by atoms with Gasteiger partial charge in [-0.25, -0.2) is 0 Å². The summed E-state index contributed by atoms with van der Waals surface area (Å²) in [6.07, 6.45) is 106. The van der Waals surface area contributed by atoms with E-state index < -0.39 is 12.1 Å². The highest BCUT2D eigenvalue weighted by Gasteiger charge is 2.18. The molecule has 0 spiro atoms. The fraction of sp³-hybridized carbons (Fsp3) is 0.906. The molecule has 0 fully saturated rings. The Balaban J connectivity index is 3.35. The molecule has 91 heavy (non-hydrogen) atoms. The van der Waals surface area contributed by atoms with Crippen LogP contribution in [-0.4, -0.2) is 47.4 Å². The average molecular weight is 1280 g/mol. The van der Waals surface area contributed by atoms with Crippen LogP contribution in [0.15, 0.2) is 36.5 Å². The Hall–Kier alpha value is -1.92. The van der Waals surface area contributed by atoms with Crippen LogP contribution in [0.25, 0.3) is 0 Å². The molecule has 0 aromatic carbocycles.